The number of nitrogens with zero attached hydrogens (tertiary/aromatic N) is 4. The summed E-state index contributed by atoms with van der Waals surface area (Å²) in [5.74, 6) is 0.143. The molecule has 2 aliphatic rings. The van der Waals surface area contributed by atoms with Crippen LogP contribution in [0.25, 0.3) is 0 Å². The summed E-state index contributed by atoms with van der Waals surface area (Å²) in [7, 11) is 0. The van der Waals surface area contributed by atoms with E-state index in [4.69, 9.17) is 0 Å². The van der Waals surface area contributed by atoms with Crippen molar-refractivity contribution in [2.24, 2.45) is 0 Å². The number of halogens is 1. The summed E-state index contributed by atoms with van der Waals surface area (Å²) in [5, 5.41) is 5.56. The van der Waals surface area contributed by atoms with E-state index in [1.54, 1.807) is 12.4 Å². The van der Waals surface area contributed by atoms with Crippen LogP contribution in [0.5, 0.6) is 0 Å². The van der Waals surface area contributed by atoms with Crippen molar-refractivity contribution in [3.05, 3.63) is 42.0 Å². The van der Waals surface area contributed by atoms with Crippen molar-refractivity contribution in [1.29, 1.82) is 0 Å². The first kappa shape index (κ1) is 23.9. The number of carbonyl (C=O) groups is 2. The fourth-order valence-corrected chi connectivity index (χ4v) is 4.59. The molecular formula is C25H33FN6O2. The van der Waals surface area contributed by atoms with E-state index < -0.39 is 6.04 Å². The van der Waals surface area contributed by atoms with Crippen LogP contribution in [0, 0.1) is 5.82 Å². The molecule has 2 N–H and O–H groups in total. The van der Waals surface area contributed by atoms with Gasteiger partial charge in [-0.3, -0.25) is 9.59 Å². The fraction of sp³-hybridized carbons (Fsp3) is 0.520. The Morgan fingerprint density at radius 1 is 1.00 bits per heavy atom. The Morgan fingerprint density at radius 2 is 1.71 bits per heavy atom. The molecule has 1 unspecified atom stereocenters. The van der Waals surface area contributed by atoms with Crippen molar-refractivity contribution in [2.45, 2.75) is 57.9 Å². The molecule has 0 bridgehead atoms. The van der Waals surface area contributed by atoms with Crippen molar-refractivity contribution >= 4 is 29.1 Å². The molecule has 2 amide bonds. The minimum Gasteiger partial charge on any atom is -0.371 e. The summed E-state index contributed by atoms with van der Waals surface area (Å²) < 4.78 is 14.2. The second-order valence-corrected chi connectivity index (χ2v) is 9.04. The predicted octanol–water partition coefficient (Wildman–Crippen LogP) is 3.28. The van der Waals surface area contributed by atoms with Gasteiger partial charge in [0.05, 0.1) is 18.8 Å². The zero-order valence-electron chi connectivity index (χ0n) is 19.7. The minimum atomic E-state index is -0.704. The van der Waals surface area contributed by atoms with Gasteiger partial charge in [0.25, 0.3) is 0 Å². The average molecular weight is 469 g/mol. The zero-order valence-corrected chi connectivity index (χ0v) is 19.7. The van der Waals surface area contributed by atoms with Crippen LogP contribution < -0.4 is 20.4 Å². The molecule has 4 rings (SSSR count). The maximum absolute atomic E-state index is 14.2. The Balaban J connectivity index is 1.35. The van der Waals surface area contributed by atoms with E-state index in [1.165, 1.54) is 12.1 Å². The molecule has 3 heterocycles. The van der Waals surface area contributed by atoms with Crippen molar-refractivity contribution in [2.75, 3.05) is 41.3 Å². The van der Waals surface area contributed by atoms with Gasteiger partial charge in [-0.1, -0.05) is 13.3 Å². The van der Waals surface area contributed by atoms with Gasteiger partial charge in [0.1, 0.15) is 17.7 Å². The number of carbonyl (C=O) groups excluding carboxylic acids is 2. The molecule has 9 heteroatoms. The summed E-state index contributed by atoms with van der Waals surface area (Å²) in [6.07, 6.45) is 8.89. The van der Waals surface area contributed by atoms with Gasteiger partial charge in [0.15, 0.2) is 5.82 Å². The topological polar surface area (TPSA) is 90.5 Å². The highest BCUT2D eigenvalue weighted by Gasteiger charge is 2.22. The Hall–Kier alpha value is -3.23. The molecule has 2 aliphatic heterocycles. The average Bonchev–Trinajstić information content (AvgIpc) is 3.53. The number of nitrogens with one attached hydrogen (secondary N) is 2. The summed E-state index contributed by atoms with van der Waals surface area (Å²) in [5.41, 5.74) is 1.40. The molecule has 2 saturated heterocycles. The zero-order chi connectivity index (χ0) is 23.9. The first-order valence-corrected chi connectivity index (χ1v) is 12.2. The molecule has 0 radical (unpaired) electrons. The summed E-state index contributed by atoms with van der Waals surface area (Å²) >= 11 is 0. The van der Waals surface area contributed by atoms with Crippen LogP contribution in [0.15, 0.2) is 30.6 Å². The van der Waals surface area contributed by atoms with Gasteiger partial charge in [-0.05, 0) is 55.9 Å². The highest BCUT2D eigenvalue weighted by molar-refractivity contribution is 5.96. The Morgan fingerprint density at radius 3 is 2.35 bits per heavy atom. The van der Waals surface area contributed by atoms with E-state index >= 15 is 0 Å². The smallest absolute Gasteiger partial charge is 0.248 e. The number of aromatic nitrogens is 2. The van der Waals surface area contributed by atoms with E-state index in [2.05, 4.69) is 30.4 Å². The standard InChI is InChI=1S/C25H33FN6O2/c1-2-7-21(25(34)30-22-16-28-23(17-27-22)32-10-5-6-11-32)29-24(33)14-18-12-19(26)15-20(13-18)31-8-3-4-9-31/h12-13,15-17,21H,2-11,14H2,1H3,(H,29,33)(H,27,30,34). The van der Waals surface area contributed by atoms with Gasteiger partial charge in [0.2, 0.25) is 11.8 Å². The summed E-state index contributed by atoms with van der Waals surface area (Å²) in [6.45, 7) is 5.68. The molecule has 34 heavy (non-hydrogen) atoms. The van der Waals surface area contributed by atoms with E-state index in [0.717, 1.165) is 69.8 Å². The summed E-state index contributed by atoms with van der Waals surface area (Å²) in [4.78, 5) is 38.6. The molecule has 0 saturated carbocycles. The normalized spacial score (nSPS) is 16.5. The van der Waals surface area contributed by atoms with Crippen LogP contribution in [0.1, 0.15) is 51.0 Å². The van der Waals surface area contributed by atoms with E-state index in [0.29, 0.717) is 17.8 Å². The third-order valence-electron chi connectivity index (χ3n) is 6.33. The molecule has 182 valence electrons. The second kappa shape index (κ2) is 11.3. The van der Waals surface area contributed by atoms with Gasteiger partial charge in [0, 0.05) is 31.9 Å². The molecule has 2 fully saturated rings. The molecule has 1 atom stereocenters. The third kappa shape index (κ3) is 6.21. The van der Waals surface area contributed by atoms with E-state index in [1.807, 2.05) is 13.0 Å². The Labute approximate surface area is 199 Å². The fourth-order valence-electron chi connectivity index (χ4n) is 4.59. The number of hydrogen-bond donors (Lipinski definition) is 2. The monoisotopic (exact) mass is 468 g/mol. The first-order chi connectivity index (χ1) is 16.5. The Kier molecular flexibility index (Phi) is 7.92. The van der Waals surface area contributed by atoms with E-state index in [-0.39, 0.29) is 24.1 Å². The molecule has 0 spiro atoms. The number of anilines is 3. The van der Waals surface area contributed by atoms with Crippen LogP contribution in [0.4, 0.5) is 21.7 Å². The van der Waals surface area contributed by atoms with Crippen molar-refractivity contribution in [3.8, 4) is 0 Å². The van der Waals surface area contributed by atoms with Crippen LogP contribution in [0.2, 0.25) is 0 Å². The highest BCUT2D eigenvalue weighted by Crippen LogP contribution is 2.23. The molecular weight excluding hydrogens is 435 g/mol. The highest BCUT2D eigenvalue weighted by atomic mass is 19.1. The van der Waals surface area contributed by atoms with Crippen molar-refractivity contribution in [1.82, 2.24) is 15.3 Å². The second-order valence-electron chi connectivity index (χ2n) is 9.04. The molecule has 2 aromatic rings. The first-order valence-electron chi connectivity index (χ1n) is 12.2. The number of hydrogen-bond acceptors (Lipinski definition) is 6. The van der Waals surface area contributed by atoms with Gasteiger partial charge < -0.3 is 20.4 Å². The summed E-state index contributed by atoms with van der Waals surface area (Å²) in [6, 6.07) is 4.05. The van der Waals surface area contributed by atoms with Crippen molar-refractivity contribution < 1.29 is 14.0 Å². The van der Waals surface area contributed by atoms with Gasteiger partial charge in [-0.2, -0.15) is 0 Å². The quantitative estimate of drug-likeness (QED) is 0.587. The van der Waals surface area contributed by atoms with Gasteiger partial charge >= 0.3 is 0 Å². The lowest BCUT2D eigenvalue weighted by atomic mass is 10.1. The van der Waals surface area contributed by atoms with Crippen LogP contribution in [-0.4, -0.2) is 54.0 Å². The van der Waals surface area contributed by atoms with E-state index in [9.17, 15) is 14.0 Å². The van der Waals surface area contributed by atoms with Crippen molar-refractivity contribution in [3.63, 3.8) is 0 Å². The number of benzene rings is 1. The lowest BCUT2D eigenvalue weighted by Crippen LogP contribution is -2.44. The van der Waals surface area contributed by atoms with Crippen LogP contribution >= 0.6 is 0 Å². The SMILES string of the molecule is CCCC(NC(=O)Cc1cc(F)cc(N2CCCC2)c1)C(=O)Nc1cnc(N2CCCC2)cn1. The maximum Gasteiger partial charge on any atom is 0.248 e. The van der Waals surface area contributed by atoms with Crippen LogP contribution in [0.3, 0.4) is 0 Å². The predicted molar refractivity (Wildman–Crippen MR) is 130 cm³/mol. The third-order valence-corrected chi connectivity index (χ3v) is 6.33. The number of rotatable bonds is 9. The minimum absolute atomic E-state index is 0.0103. The lowest BCUT2D eigenvalue weighted by Gasteiger charge is -2.20. The van der Waals surface area contributed by atoms with Gasteiger partial charge in [-0.15, -0.1) is 0 Å². The lowest BCUT2D eigenvalue weighted by molar-refractivity contribution is -0.126. The molecule has 8 nitrogen and oxygen atoms in total. The number of amides is 2. The van der Waals surface area contributed by atoms with Gasteiger partial charge in [-0.25, -0.2) is 14.4 Å². The molecule has 1 aromatic carbocycles. The van der Waals surface area contributed by atoms with Crippen LogP contribution in [-0.2, 0) is 16.0 Å². The maximum atomic E-state index is 14.2. The molecule has 1 aromatic heterocycles. The Bertz CT molecular complexity index is 987. The largest absolute Gasteiger partial charge is 0.371 e. The molecule has 0 aliphatic carbocycles.